The summed E-state index contributed by atoms with van der Waals surface area (Å²) in [5.41, 5.74) is 8.42. The van der Waals surface area contributed by atoms with Crippen LogP contribution in [0.1, 0.15) is 166 Å². The molecule has 0 radical (unpaired) electrons. The second-order valence-corrected chi connectivity index (χ2v) is 24.4. The topological polar surface area (TPSA) is 50.9 Å². The number of hydrogen-bond acceptors (Lipinski definition) is 3. The van der Waals surface area contributed by atoms with E-state index in [2.05, 4.69) is 102 Å². The second kappa shape index (κ2) is 19.1. The minimum absolute atomic E-state index is 0. The molecule has 6 aromatic carbocycles. The van der Waals surface area contributed by atoms with E-state index in [1.807, 2.05) is 84.0 Å². The number of phenolic OH excluding ortho intramolecular Hbond substituents is 1. The zero-order chi connectivity index (χ0) is 56.3. The molecule has 4 nitrogen and oxygen atoms in total. The van der Waals surface area contributed by atoms with Crippen LogP contribution in [0.5, 0.6) is 5.75 Å². The van der Waals surface area contributed by atoms with Crippen LogP contribution in [0, 0.1) is 11.5 Å². The zero-order valence-electron chi connectivity index (χ0n) is 51.2. The van der Waals surface area contributed by atoms with E-state index in [1.165, 1.54) is 6.20 Å². The van der Waals surface area contributed by atoms with E-state index in [0.29, 0.717) is 63.1 Å². The molecule has 0 bridgehead atoms. The second-order valence-electron chi connectivity index (χ2n) is 24.4. The van der Waals surface area contributed by atoms with Crippen LogP contribution in [-0.4, -0.2) is 19.6 Å². The predicted octanol–water partition coefficient (Wildman–Crippen LogP) is 18.1. The molecule has 1 aliphatic rings. The van der Waals surface area contributed by atoms with Crippen molar-refractivity contribution >= 4 is 11.0 Å². The van der Waals surface area contributed by atoms with Crippen molar-refractivity contribution in [3.8, 4) is 67.5 Å². The fourth-order valence-electron chi connectivity index (χ4n) is 9.52. The number of aromatic nitrogens is 3. The van der Waals surface area contributed by atoms with Crippen molar-refractivity contribution in [1.29, 1.82) is 0 Å². The molecule has 370 valence electrons. The van der Waals surface area contributed by atoms with Gasteiger partial charge in [-0.05, 0) is 122 Å². The van der Waals surface area contributed by atoms with Gasteiger partial charge in [-0.1, -0.05) is 193 Å². The van der Waals surface area contributed by atoms with Crippen LogP contribution in [0.3, 0.4) is 0 Å². The van der Waals surface area contributed by atoms with Crippen molar-refractivity contribution in [2.24, 2.45) is 5.41 Å². The number of imidazole rings is 1. The molecule has 2 heterocycles. The fraction of sp³-hybridized carbons (Fsp3) is 0.364. The van der Waals surface area contributed by atoms with Crippen LogP contribution in [-0.2, 0) is 42.7 Å². The quantitative estimate of drug-likeness (QED) is 0.162. The molecule has 0 unspecified atom stereocenters. The number of para-hydroxylation sites is 1. The molecular formula is C66H74N3OPt-. The Labute approximate surface area is 449 Å². The first kappa shape index (κ1) is 43.0. The summed E-state index contributed by atoms with van der Waals surface area (Å²) in [6, 6.07) is 33.7. The van der Waals surface area contributed by atoms with Gasteiger partial charge in [0.1, 0.15) is 11.6 Å². The number of fused-ring (bicyclic) bond motifs is 1. The third-order valence-electron chi connectivity index (χ3n) is 14.1. The standard InChI is InChI=1S/C66H74N3O.Pt/c1-62(2,3)49-27-28-57(53(39-49)45-19-16-15-17-20-45)69-58-22-18-21-52(59(58)68-61(69)54-40-51(64(7,8)9)41-55(60(54)70)65(10,11)12)47-35-48(37-50(36-47)63(4,5)6)56-38-46(31-34-67-56)43-25-23-42(24-26-43)44-29-32-66(13,14)33-30-44;/h15-28,31,34,36-41,44,70H,29-30,32-33H2,1-14H3;/q-1;/i25D,26D,31D,38D,40D,41D,44D;. The van der Waals surface area contributed by atoms with Crippen LogP contribution >= 0.6 is 0 Å². The van der Waals surface area contributed by atoms with Crippen molar-refractivity contribution in [1.82, 2.24) is 14.5 Å². The smallest absolute Gasteiger partial charge is 0.148 e. The summed E-state index contributed by atoms with van der Waals surface area (Å²) in [5.74, 6) is -0.732. The molecule has 1 fully saturated rings. The molecule has 0 spiro atoms. The maximum absolute atomic E-state index is 12.8. The van der Waals surface area contributed by atoms with E-state index in [4.69, 9.17) is 11.3 Å². The number of rotatable bonds is 7. The van der Waals surface area contributed by atoms with Gasteiger partial charge in [-0.2, -0.15) is 0 Å². The summed E-state index contributed by atoms with van der Waals surface area (Å²) in [5, 5.41) is 12.8. The predicted molar refractivity (Wildman–Crippen MR) is 296 cm³/mol. The van der Waals surface area contributed by atoms with Gasteiger partial charge >= 0.3 is 0 Å². The molecule has 8 aromatic rings. The number of pyridine rings is 1. The van der Waals surface area contributed by atoms with Gasteiger partial charge in [-0.15, -0.1) is 29.3 Å². The molecule has 0 aliphatic heterocycles. The average molecular weight is 1130 g/mol. The Kier molecular flexibility index (Phi) is 11.6. The van der Waals surface area contributed by atoms with Gasteiger partial charge in [0.15, 0.2) is 0 Å². The van der Waals surface area contributed by atoms with Crippen LogP contribution in [0.2, 0.25) is 0 Å². The minimum Gasteiger partial charge on any atom is -0.507 e. The molecule has 1 saturated carbocycles. The molecule has 71 heavy (non-hydrogen) atoms. The number of nitrogens with zero attached hydrogens (tertiary/aromatic N) is 3. The summed E-state index contributed by atoms with van der Waals surface area (Å²) in [4.78, 5) is 10.3. The van der Waals surface area contributed by atoms with Gasteiger partial charge in [0, 0.05) is 45.5 Å². The fourth-order valence-corrected chi connectivity index (χ4v) is 9.52. The zero-order valence-corrected chi connectivity index (χ0v) is 46.4. The van der Waals surface area contributed by atoms with Gasteiger partial charge in [-0.25, -0.2) is 4.98 Å². The van der Waals surface area contributed by atoms with Crippen molar-refractivity contribution in [2.45, 2.75) is 150 Å². The summed E-state index contributed by atoms with van der Waals surface area (Å²) in [7, 11) is 0. The molecule has 0 saturated heterocycles. The number of hydrogen-bond donors (Lipinski definition) is 1. The summed E-state index contributed by atoms with van der Waals surface area (Å²) in [6.07, 6.45) is 4.39. The largest absolute Gasteiger partial charge is 0.507 e. The first-order chi connectivity index (χ1) is 35.7. The van der Waals surface area contributed by atoms with E-state index in [-0.39, 0.29) is 96.3 Å². The van der Waals surface area contributed by atoms with Crippen molar-refractivity contribution < 1.29 is 35.8 Å². The van der Waals surface area contributed by atoms with Crippen molar-refractivity contribution in [2.75, 3.05) is 0 Å². The normalized spacial score (nSPS) is 16.5. The van der Waals surface area contributed by atoms with Crippen LogP contribution < -0.4 is 0 Å². The third-order valence-corrected chi connectivity index (χ3v) is 14.1. The number of phenols is 1. The Morgan fingerprint density at radius 3 is 1.92 bits per heavy atom. The Bertz CT molecular complexity index is 3570. The minimum atomic E-state index is -0.920. The van der Waals surface area contributed by atoms with Crippen molar-refractivity contribution in [3.63, 3.8) is 0 Å². The molecule has 5 heteroatoms. The Morgan fingerprint density at radius 1 is 0.634 bits per heavy atom. The van der Waals surface area contributed by atoms with Gasteiger partial charge in [0.2, 0.25) is 0 Å². The van der Waals surface area contributed by atoms with Crippen LogP contribution in [0.4, 0.5) is 0 Å². The van der Waals surface area contributed by atoms with Gasteiger partial charge in [0.25, 0.3) is 0 Å². The van der Waals surface area contributed by atoms with Gasteiger partial charge in [-0.3, -0.25) is 9.55 Å². The van der Waals surface area contributed by atoms with E-state index < -0.39 is 22.1 Å². The number of aromatic hydroxyl groups is 1. The molecule has 2 aromatic heterocycles. The first-order valence-corrected chi connectivity index (χ1v) is 25.0. The molecule has 9 rings (SSSR count). The molecular weight excluding hydrogens is 1050 g/mol. The molecule has 1 N–H and O–H groups in total. The average Bonchev–Trinajstić information content (AvgIpc) is 3.73. The monoisotopic (exact) mass is 1130 g/mol. The SMILES string of the molecule is [2H]c1cc(C2([2H])CCC(C)(C)CC2)cc([2H])c1-c1c([2H])cnc(-c2[c-]c(-c3cccc4c3nc(-c3c([2H])c(C(C)(C)C)c([2H])c(C(C)(C)C)c3O)n4-c3ccc(C(C)(C)C)cc3-c3ccccc3)cc(C(C)(C)C)c2)c1[2H].[Pt]. The summed E-state index contributed by atoms with van der Waals surface area (Å²) < 4.78 is 68.6. The Hall–Kier alpha value is -5.57. The van der Waals surface area contributed by atoms with Crippen LogP contribution in [0.25, 0.3) is 72.7 Å². The first-order valence-electron chi connectivity index (χ1n) is 28.5. The van der Waals surface area contributed by atoms with E-state index >= 15 is 0 Å². The summed E-state index contributed by atoms with van der Waals surface area (Å²) in [6.45, 7) is 29.3. The number of benzene rings is 6. The van der Waals surface area contributed by atoms with Crippen LogP contribution in [0.15, 0.2) is 133 Å². The van der Waals surface area contributed by atoms with E-state index in [0.717, 1.165) is 40.8 Å². The summed E-state index contributed by atoms with van der Waals surface area (Å²) >= 11 is 0. The molecule has 0 amide bonds. The Balaban J connectivity index is 0.00000803. The maximum Gasteiger partial charge on any atom is 0.148 e. The van der Waals surface area contributed by atoms with Crippen molar-refractivity contribution in [3.05, 3.63) is 167 Å². The Morgan fingerprint density at radius 2 is 1.28 bits per heavy atom. The maximum atomic E-state index is 12.8. The third kappa shape index (κ3) is 10.7. The van der Waals surface area contributed by atoms with E-state index in [1.54, 1.807) is 12.1 Å². The van der Waals surface area contributed by atoms with E-state index in [9.17, 15) is 13.3 Å². The molecule has 1 aliphatic carbocycles. The van der Waals surface area contributed by atoms with Gasteiger partial charge < -0.3 is 5.11 Å². The molecule has 0 atom stereocenters. The van der Waals surface area contributed by atoms with Gasteiger partial charge in [0.05, 0.1) is 30.5 Å².